The van der Waals surface area contributed by atoms with Gasteiger partial charge in [-0.3, -0.25) is 19.4 Å². The summed E-state index contributed by atoms with van der Waals surface area (Å²) < 4.78 is 5.30. The number of nitrogens with one attached hydrogen (secondary N) is 1. The highest BCUT2D eigenvalue weighted by Crippen LogP contribution is 2.26. The number of methoxy groups -OCH3 is 1. The molecule has 1 atom stereocenters. The fourth-order valence-electron chi connectivity index (χ4n) is 3.36. The van der Waals surface area contributed by atoms with Crippen LogP contribution in [-0.4, -0.2) is 49.0 Å². The molecule has 1 aliphatic heterocycles. The van der Waals surface area contributed by atoms with Crippen LogP contribution < -0.4 is 15.0 Å². The molecule has 2 aromatic carbocycles. The molecule has 2 aromatic rings. The van der Waals surface area contributed by atoms with Gasteiger partial charge in [-0.1, -0.05) is 35.9 Å². The Labute approximate surface area is 170 Å². The van der Waals surface area contributed by atoms with E-state index in [1.165, 1.54) is 4.90 Å². The molecular formula is C22H25N3O4. The number of amides is 4. The van der Waals surface area contributed by atoms with E-state index in [-0.39, 0.29) is 18.4 Å². The van der Waals surface area contributed by atoms with Gasteiger partial charge in [0.05, 0.1) is 7.11 Å². The van der Waals surface area contributed by atoms with E-state index in [1.54, 1.807) is 26.2 Å². The summed E-state index contributed by atoms with van der Waals surface area (Å²) in [5.41, 5.74) is 2.67. The molecule has 1 saturated heterocycles. The van der Waals surface area contributed by atoms with Crippen LogP contribution in [0.15, 0.2) is 48.5 Å². The zero-order valence-electron chi connectivity index (χ0n) is 16.8. The fraction of sp³-hybridized carbons (Fsp3) is 0.318. The third-order valence-corrected chi connectivity index (χ3v) is 4.97. The molecule has 1 aliphatic rings. The Morgan fingerprint density at radius 1 is 1.10 bits per heavy atom. The molecule has 0 saturated carbocycles. The summed E-state index contributed by atoms with van der Waals surface area (Å²) in [6.07, 6.45) is 0.587. The van der Waals surface area contributed by atoms with E-state index in [9.17, 15) is 14.4 Å². The molecule has 0 unspecified atom stereocenters. The molecular weight excluding hydrogens is 370 g/mol. The summed E-state index contributed by atoms with van der Waals surface area (Å²) in [5.74, 6) is 0.00391. The molecule has 3 rings (SSSR count). The van der Waals surface area contributed by atoms with E-state index in [0.29, 0.717) is 18.7 Å². The Morgan fingerprint density at radius 3 is 2.48 bits per heavy atom. The first kappa shape index (κ1) is 20.4. The van der Waals surface area contributed by atoms with Crippen LogP contribution >= 0.6 is 0 Å². The van der Waals surface area contributed by atoms with Crippen molar-refractivity contribution in [3.8, 4) is 5.75 Å². The van der Waals surface area contributed by atoms with Crippen LogP contribution in [0.4, 0.5) is 10.5 Å². The summed E-state index contributed by atoms with van der Waals surface area (Å²) >= 11 is 0. The Bertz CT molecular complexity index is 911. The van der Waals surface area contributed by atoms with Crippen molar-refractivity contribution in [1.82, 2.24) is 10.2 Å². The van der Waals surface area contributed by atoms with Crippen LogP contribution in [0.3, 0.4) is 0 Å². The largest absolute Gasteiger partial charge is 0.496 e. The van der Waals surface area contributed by atoms with Gasteiger partial charge >= 0.3 is 6.03 Å². The number of carbonyl (C=O) groups excluding carboxylic acids is 3. The molecule has 1 heterocycles. The van der Waals surface area contributed by atoms with Gasteiger partial charge in [0.2, 0.25) is 5.91 Å². The number of benzene rings is 2. The Kier molecular flexibility index (Phi) is 6.16. The second-order valence-electron chi connectivity index (χ2n) is 7.00. The van der Waals surface area contributed by atoms with Gasteiger partial charge in [0.25, 0.3) is 5.91 Å². The zero-order valence-corrected chi connectivity index (χ0v) is 16.8. The second-order valence-corrected chi connectivity index (χ2v) is 7.00. The molecule has 1 fully saturated rings. The lowest BCUT2D eigenvalue weighted by molar-refractivity contribution is -0.131. The first-order valence-corrected chi connectivity index (χ1v) is 9.52. The van der Waals surface area contributed by atoms with Crippen molar-refractivity contribution in [1.29, 1.82) is 0 Å². The number of rotatable bonds is 7. The second kappa shape index (κ2) is 8.77. The number of para-hydroxylation sites is 1. The molecule has 0 spiro atoms. The Balaban J connectivity index is 1.59. The van der Waals surface area contributed by atoms with Crippen molar-refractivity contribution in [3.63, 3.8) is 0 Å². The standard InChI is InChI=1S/C22H25N3O4/c1-15-8-10-18(11-9-15)25-16(2)21(27)24(22(25)28)14-20(26)23-13-12-17-6-4-5-7-19(17)29-3/h4-11,16H,12-14H2,1-3H3,(H,23,26)/t16-/m0/s1. The van der Waals surface area contributed by atoms with Crippen molar-refractivity contribution in [2.75, 3.05) is 25.1 Å². The molecule has 0 aliphatic carbocycles. The normalized spacial score (nSPS) is 16.3. The van der Waals surface area contributed by atoms with Crippen molar-refractivity contribution in [2.24, 2.45) is 0 Å². The summed E-state index contributed by atoms with van der Waals surface area (Å²) in [7, 11) is 1.60. The van der Waals surface area contributed by atoms with E-state index in [1.807, 2.05) is 43.3 Å². The third-order valence-electron chi connectivity index (χ3n) is 4.97. The van der Waals surface area contributed by atoms with Crippen LogP contribution in [0, 0.1) is 6.92 Å². The number of hydrogen-bond donors (Lipinski definition) is 1. The maximum absolute atomic E-state index is 12.8. The van der Waals surface area contributed by atoms with Crippen molar-refractivity contribution in [3.05, 3.63) is 59.7 Å². The highest BCUT2D eigenvalue weighted by Gasteiger charge is 2.43. The molecule has 1 N–H and O–H groups in total. The minimum Gasteiger partial charge on any atom is -0.496 e. The SMILES string of the molecule is COc1ccccc1CCNC(=O)CN1C(=O)[C@H](C)N(c2ccc(C)cc2)C1=O. The Morgan fingerprint density at radius 2 is 1.79 bits per heavy atom. The third kappa shape index (κ3) is 4.39. The number of imide groups is 1. The quantitative estimate of drug-likeness (QED) is 0.731. The molecule has 0 aromatic heterocycles. The maximum atomic E-state index is 12.8. The van der Waals surface area contributed by atoms with Crippen LogP contribution in [0.25, 0.3) is 0 Å². The van der Waals surface area contributed by atoms with Gasteiger partial charge in [-0.15, -0.1) is 0 Å². The first-order chi connectivity index (χ1) is 13.9. The smallest absolute Gasteiger partial charge is 0.332 e. The molecule has 7 nitrogen and oxygen atoms in total. The number of urea groups is 1. The number of carbonyl (C=O) groups is 3. The predicted molar refractivity (Wildman–Crippen MR) is 110 cm³/mol. The number of nitrogens with zero attached hydrogens (tertiary/aromatic N) is 2. The maximum Gasteiger partial charge on any atom is 0.332 e. The number of ether oxygens (including phenoxy) is 1. The van der Waals surface area contributed by atoms with Crippen molar-refractivity contribution < 1.29 is 19.1 Å². The molecule has 0 bridgehead atoms. The average Bonchev–Trinajstić information content (AvgIpc) is 2.92. The summed E-state index contributed by atoms with van der Waals surface area (Å²) in [6.45, 7) is 3.70. The molecule has 152 valence electrons. The van der Waals surface area contributed by atoms with Gasteiger partial charge in [-0.2, -0.15) is 0 Å². The first-order valence-electron chi connectivity index (χ1n) is 9.52. The molecule has 0 radical (unpaired) electrons. The van der Waals surface area contributed by atoms with Crippen molar-refractivity contribution in [2.45, 2.75) is 26.3 Å². The minimum absolute atomic E-state index is 0.295. The molecule has 7 heteroatoms. The zero-order chi connectivity index (χ0) is 21.0. The van der Waals surface area contributed by atoms with Gasteiger partial charge in [0, 0.05) is 12.2 Å². The lowest BCUT2D eigenvalue weighted by Crippen LogP contribution is -2.42. The average molecular weight is 395 g/mol. The van der Waals surface area contributed by atoms with Crippen LogP contribution in [0.2, 0.25) is 0 Å². The number of hydrogen-bond acceptors (Lipinski definition) is 4. The molecule has 4 amide bonds. The highest BCUT2D eigenvalue weighted by molar-refractivity contribution is 6.15. The fourth-order valence-corrected chi connectivity index (χ4v) is 3.36. The lowest BCUT2D eigenvalue weighted by atomic mass is 10.1. The van der Waals surface area contributed by atoms with Crippen molar-refractivity contribution >= 4 is 23.5 Å². The van der Waals surface area contributed by atoms with E-state index >= 15 is 0 Å². The predicted octanol–water partition coefficient (Wildman–Crippen LogP) is 2.52. The van der Waals surface area contributed by atoms with Gasteiger partial charge < -0.3 is 10.1 Å². The van der Waals surface area contributed by atoms with Gasteiger partial charge in [0.15, 0.2) is 0 Å². The van der Waals surface area contributed by atoms with E-state index in [0.717, 1.165) is 21.8 Å². The Hall–Kier alpha value is -3.35. The van der Waals surface area contributed by atoms with E-state index in [4.69, 9.17) is 4.74 Å². The summed E-state index contributed by atoms with van der Waals surface area (Å²) in [6, 6.07) is 13.8. The van der Waals surface area contributed by atoms with E-state index in [2.05, 4.69) is 5.32 Å². The summed E-state index contributed by atoms with van der Waals surface area (Å²) in [4.78, 5) is 40.1. The minimum atomic E-state index is -0.647. The van der Waals surface area contributed by atoms with Gasteiger partial charge in [-0.25, -0.2) is 4.79 Å². The van der Waals surface area contributed by atoms with Crippen LogP contribution in [-0.2, 0) is 16.0 Å². The lowest BCUT2D eigenvalue weighted by Gasteiger charge is -2.19. The van der Waals surface area contributed by atoms with Crippen LogP contribution in [0.5, 0.6) is 5.75 Å². The van der Waals surface area contributed by atoms with Crippen LogP contribution in [0.1, 0.15) is 18.1 Å². The van der Waals surface area contributed by atoms with E-state index < -0.39 is 12.1 Å². The summed E-state index contributed by atoms with van der Waals surface area (Å²) in [5, 5.41) is 2.77. The highest BCUT2D eigenvalue weighted by atomic mass is 16.5. The monoisotopic (exact) mass is 395 g/mol. The number of anilines is 1. The molecule has 29 heavy (non-hydrogen) atoms. The van der Waals surface area contributed by atoms with Gasteiger partial charge in [-0.05, 0) is 44.0 Å². The number of aryl methyl sites for hydroxylation is 1. The topological polar surface area (TPSA) is 79.0 Å². The van der Waals surface area contributed by atoms with Gasteiger partial charge in [0.1, 0.15) is 18.3 Å².